The van der Waals surface area contributed by atoms with Gasteiger partial charge in [-0.15, -0.1) is 0 Å². The molecule has 6 nitrogen and oxygen atoms in total. The zero-order chi connectivity index (χ0) is 15.2. The van der Waals surface area contributed by atoms with Crippen LogP contribution in [0.25, 0.3) is 0 Å². The normalized spacial score (nSPS) is 27.7. The number of amides is 2. The third-order valence-corrected chi connectivity index (χ3v) is 4.70. The van der Waals surface area contributed by atoms with Gasteiger partial charge in [0.05, 0.1) is 6.10 Å². The lowest BCUT2D eigenvalue weighted by Crippen LogP contribution is -2.39. The van der Waals surface area contributed by atoms with Gasteiger partial charge < -0.3 is 20.4 Å². The van der Waals surface area contributed by atoms with E-state index in [1.165, 1.54) is 0 Å². The highest BCUT2D eigenvalue weighted by Gasteiger charge is 2.43. The lowest BCUT2D eigenvalue weighted by molar-refractivity contribution is -0.137. The van der Waals surface area contributed by atoms with E-state index in [9.17, 15) is 14.7 Å². The molecule has 0 spiro atoms. The number of likely N-dealkylation sites (tertiary alicyclic amines) is 1. The van der Waals surface area contributed by atoms with Crippen molar-refractivity contribution in [2.24, 2.45) is 11.8 Å². The maximum absolute atomic E-state index is 12.0. The molecule has 6 heteroatoms. The van der Waals surface area contributed by atoms with Crippen molar-refractivity contribution in [2.75, 3.05) is 19.6 Å². The molecule has 1 aliphatic heterocycles. The fourth-order valence-electron chi connectivity index (χ4n) is 3.46. The topological polar surface area (TPSA) is 89.9 Å². The van der Waals surface area contributed by atoms with Crippen molar-refractivity contribution in [1.82, 2.24) is 10.2 Å². The summed E-state index contributed by atoms with van der Waals surface area (Å²) in [6.45, 7) is 2.09. The SMILES string of the molecule is O=C(O)CCCCCCNC(=O)N1CC2CCC(O)C2C1. The van der Waals surface area contributed by atoms with Crippen molar-refractivity contribution < 1.29 is 19.8 Å². The number of unbranched alkanes of at least 4 members (excludes halogenated alkanes) is 3. The Labute approximate surface area is 125 Å². The Morgan fingerprint density at radius 2 is 1.86 bits per heavy atom. The van der Waals surface area contributed by atoms with Crippen molar-refractivity contribution in [2.45, 2.75) is 51.0 Å². The van der Waals surface area contributed by atoms with Gasteiger partial charge in [-0.25, -0.2) is 4.79 Å². The van der Waals surface area contributed by atoms with Crippen molar-refractivity contribution in [3.63, 3.8) is 0 Å². The summed E-state index contributed by atoms with van der Waals surface area (Å²) in [6, 6.07) is -0.0258. The lowest BCUT2D eigenvalue weighted by Gasteiger charge is -2.19. The van der Waals surface area contributed by atoms with E-state index in [2.05, 4.69) is 5.32 Å². The van der Waals surface area contributed by atoms with Gasteiger partial charge in [0.25, 0.3) is 0 Å². The minimum atomic E-state index is -0.745. The summed E-state index contributed by atoms with van der Waals surface area (Å²) in [7, 11) is 0. The summed E-state index contributed by atoms with van der Waals surface area (Å²) in [4.78, 5) is 24.2. The standard InChI is InChI=1S/C15H26N2O4/c18-13-7-6-11-9-17(10-12(11)13)15(21)16-8-4-2-1-3-5-14(19)20/h11-13,18H,1-10H2,(H,16,21)(H,19,20). The van der Waals surface area contributed by atoms with Crippen LogP contribution < -0.4 is 5.32 Å². The number of urea groups is 1. The third-order valence-electron chi connectivity index (χ3n) is 4.70. The number of fused-ring (bicyclic) bond motifs is 1. The van der Waals surface area contributed by atoms with Crippen molar-refractivity contribution in [1.29, 1.82) is 0 Å². The van der Waals surface area contributed by atoms with E-state index in [1.807, 2.05) is 4.90 Å². The molecular weight excluding hydrogens is 272 g/mol. The number of hydrogen-bond acceptors (Lipinski definition) is 3. The summed E-state index contributed by atoms with van der Waals surface area (Å²) >= 11 is 0. The first-order valence-corrected chi connectivity index (χ1v) is 8.00. The Bertz CT molecular complexity index is 375. The van der Waals surface area contributed by atoms with Crippen LogP contribution in [-0.4, -0.2) is 52.9 Å². The molecule has 3 atom stereocenters. The highest BCUT2D eigenvalue weighted by atomic mass is 16.4. The van der Waals surface area contributed by atoms with Gasteiger partial charge in [-0.2, -0.15) is 0 Å². The third kappa shape index (κ3) is 4.59. The Morgan fingerprint density at radius 3 is 2.57 bits per heavy atom. The fourth-order valence-corrected chi connectivity index (χ4v) is 3.46. The first-order valence-electron chi connectivity index (χ1n) is 8.00. The first-order chi connectivity index (χ1) is 10.1. The number of aliphatic hydroxyl groups excluding tert-OH is 1. The van der Waals surface area contributed by atoms with Gasteiger partial charge in [0.1, 0.15) is 0 Å². The summed E-state index contributed by atoms with van der Waals surface area (Å²) in [6.07, 6.45) is 5.32. The van der Waals surface area contributed by atoms with E-state index in [0.29, 0.717) is 25.4 Å². The van der Waals surface area contributed by atoms with E-state index in [-0.39, 0.29) is 24.5 Å². The average Bonchev–Trinajstić information content (AvgIpc) is 3.00. The second kappa shape index (κ2) is 7.64. The molecule has 0 aromatic heterocycles. The molecule has 2 rings (SSSR count). The molecule has 120 valence electrons. The highest BCUT2D eigenvalue weighted by molar-refractivity contribution is 5.74. The van der Waals surface area contributed by atoms with Crippen molar-refractivity contribution in [3.05, 3.63) is 0 Å². The molecule has 2 amide bonds. The van der Waals surface area contributed by atoms with Gasteiger partial charge in [-0.05, 0) is 31.6 Å². The number of carbonyl (C=O) groups is 2. The Hall–Kier alpha value is -1.30. The van der Waals surface area contributed by atoms with E-state index in [0.717, 1.165) is 38.6 Å². The number of aliphatic carboxylic acids is 1. The molecule has 1 saturated carbocycles. The second-order valence-corrected chi connectivity index (χ2v) is 6.26. The largest absolute Gasteiger partial charge is 0.481 e. The van der Waals surface area contributed by atoms with Crippen molar-refractivity contribution >= 4 is 12.0 Å². The molecule has 0 radical (unpaired) electrons. The maximum atomic E-state index is 12.0. The molecule has 3 unspecified atom stereocenters. The smallest absolute Gasteiger partial charge is 0.317 e. The molecule has 0 aromatic carbocycles. The number of nitrogens with one attached hydrogen (secondary N) is 1. The molecular formula is C15H26N2O4. The van der Waals surface area contributed by atoms with Gasteiger partial charge in [0.15, 0.2) is 0 Å². The molecule has 0 bridgehead atoms. The predicted octanol–water partition coefficient (Wildman–Crippen LogP) is 1.43. The zero-order valence-corrected chi connectivity index (χ0v) is 12.5. The number of rotatable bonds is 7. The summed E-state index contributed by atoms with van der Waals surface area (Å²) in [5.41, 5.74) is 0. The number of aliphatic hydroxyl groups is 1. The Kier molecular flexibility index (Phi) is 5.85. The van der Waals surface area contributed by atoms with Crippen LogP contribution in [0.4, 0.5) is 4.79 Å². The number of nitrogens with zero attached hydrogens (tertiary/aromatic N) is 1. The van der Waals surface area contributed by atoms with Gasteiger partial charge >= 0.3 is 12.0 Å². The summed E-state index contributed by atoms with van der Waals surface area (Å²) < 4.78 is 0. The van der Waals surface area contributed by atoms with Crippen LogP contribution in [0.1, 0.15) is 44.9 Å². The summed E-state index contributed by atoms with van der Waals surface area (Å²) in [5.74, 6) is -0.00129. The first kappa shape index (κ1) is 16.1. The lowest BCUT2D eigenvalue weighted by atomic mass is 10.00. The van der Waals surface area contributed by atoms with Crippen LogP contribution in [0.3, 0.4) is 0 Å². The molecule has 1 aliphatic carbocycles. The van der Waals surface area contributed by atoms with E-state index < -0.39 is 5.97 Å². The predicted molar refractivity (Wildman–Crippen MR) is 77.9 cm³/mol. The molecule has 1 heterocycles. The number of carboxylic acid groups (broad SMARTS) is 1. The number of carbonyl (C=O) groups excluding carboxylic acids is 1. The van der Waals surface area contributed by atoms with Crippen LogP contribution in [0.15, 0.2) is 0 Å². The maximum Gasteiger partial charge on any atom is 0.317 e. The van der Waals surface area contributed by atoms with Crippen LogP contribution >= 0.6 is 0 Å². The van der Waals surface area contributed by atoms with E-state index >= 15 is 0 Å². The van der Waals surface area contributed by atoms with Crippen LogP contribution in [0.5, 0.6) is 0 Å². The Morgan fingerprint density at radius 1 is 1.10 bits per heavy atom. The van der Waals surface area contributed by atoms with Crippen molar-refractivity contribution in [3.8, 4) is 0 Å². The molecule has 2 aliphatic rings. The molecule has 2 fully saturated rings. The van der Waals surface area contributed by atoms with Gasteiger partial charge in [-0.3, -0.25) is 4.79 Å². The quantitative estimate of drug-likeness (QED) is 0.620. The van der Waals surface area contributed by atoms with E-state index in [4.69, 9.17) is 5.11 Å². The van der Waals surface area contributed by atoms with Gasteiger partial charge in [-0.1, -0.05) is 12.8 Å². The van der Waals surface area contributed by atoms with Gasteiger partial charge in [0, 0.05) is 32.0 Å². The molecule has 0 aromatic rings. The minimum absolute atomic E-state index is 0.0258. The molecule has 3 N–H and O–H groups in total. The van der Waals surface area contributed by atoms with Crippen LogP contribution in [-0.2, 0) is 4.79 Å². The number of carboxylic acids is 1. The van der Waals surface area contributed by atoms with Crippen LogP contribution in [0.2, 0.25) is 0 Å². The monoisotopic (exact) mass is 298 g/mol. The minimum Gasteiger partial charge on any atom is -0.481 e. The highest BCUT2D eigenvalue weighted by Crippen LogP contribution is 2.37. The van der Waals surface area contributed by atoms with E-state index in [1.54, 1.807) is 0 Å². The van der Waals surface area contributed by atoms with Gasteiger partial charge in [0.2, 0.25) is 0 Å². The summed E-state index contributed by atoms with van der Waals surface area (Å²) in [5, 5.41) is 21.3. The Balaban J connectivity index is 1.53. The fraction of sp³-hybridized carbons (Fsp3) is 0.867. The second-order valence-electron chi connectivity index (χ2n) is 6.26. The number of hydrogen-bond donors (Lipinski definition) is 3. The average molecular weight is 298 g/mol. The zero-order valence-electron chi connectivity index (χ0n) is 12.5. The molecule has 21 heavy (non-hydrogen) atoms. The molecule has 1 saturated heterocycles. The van der Waals surface area contributed by atoms with Crippen LogP contribution in [0, 0.1) is 11.8 Å².